The van der Waals surface area contributed by atoms with E-state index in [4.69, 9.17) is 0 Å². The quantitative estimate of drug-likeness (QED) is 0.832. The Bertz CT molecular complexity index is 359. The molecule has 0 fully saturated rings. The minimum absolute atomic E-state index is 0.0309. The van der Waals surface area contributed by atoms with Gasteiger partial charge in [-0.25, -0.2) is 8.78 Å². The van der Waals surface area contributed by atoms with Crippen LogP contribution in [0.15, 0.2) is 12.1 Å². The summed E-state index contributed by atoms with van der Waals surface area (Å²) in [6.07, 6.45) is 0.559. The fourth-order valence-electron chi connectivity index (χ4n) is 1.88. The van der Waals surface area contributed by atoms with Crippen molar-refractivity contribution in [2.75, 3.05) is 0 Å². The van der Waals surface area contributed by atoms with Crippen molar-refractivity contribution in [2.24, 2.45) is 5.92 Å². The second-order valence-corrected chi connectivity index (χ2v) is 4.12. The van der Waals surface area contributed by atoms with Gasteiger partial charge in [-0.15, -0.1) is 0 Å². The smallest absolute Gasteiger partial charge is 0.164 e. The van der Waals surface area contributed by atoms with Gasteiger partial charge in [-0.05, 0) is 18.4 Å². The molecule has 0 saturated carbocycles. The zero-order valence-corrected chi connectivity index (χ0v) is 9.93. The maximum absolute atomic E-state index is 13.6. The minimum Gasteiger partial charge on any atom is -0.388 e. The Morgan fingerprint density at radius 2 is 1.69 bits per heavy atom. The van der Waals surface area contributed by atoms with E-state index in [1.165, 1.54) is 19.1 Å². The predicted molar refractivity (Wildman–Crippen MR) is 60.1 cm³/mol. The molecule has 0 amide bonds. The molecule has 0 aliphatic carbocycles. The molecule has 1 nitrogen and oxygen atoms in total. The summed E-state index contributed by atoms with van der Waals surface area (Å²) in [5.74, 6) is -1.81. The lowest BCUT2D eigenvalue weighted by Gasteiger charge is -2.21. The van der Waals surface area contributed by atoms with Crippen LogP contribution in [0.4, 0.5) is 8.78 Å². The van der Waals surface area contributed by atoms with Crippen LogP contribution in [0, 0.1) is 24.5 Å². The van der Waals surface area contributed by atoms with Crippen LogP contribution in [-0.4, -0.2) is 5.11 Å². The lowest BCUT2D eigenvalue weighted by molar-refractivity contribution is 0.0987. The molecule has 0 aromatic heterocycles. The summed E-state index contributed by atoms with van der Waals surface area (Å²) in [6.45, 7) is 5.37. The summed E-state index contributed by atoms with van der Waals surface area (Å²) in [4.78, 5) is 0. The molecule has 1 unspecified atom stereocenters. The van der Waals surface area contributed by atoms with Crippen molar-refractivity contribution in [1.29, 1.82) is 0 Å². The number of rotatable bonds is 4. The van der Waals surface area contributed by atoms with Gasteiger partial charge in [-0.1, -0.05) is 38.8 Å². The summed E-state index contributed by atoms with van der Waals surface area (Å²) in [5, 5.41) is 9.97. The van der Waals surface area contributed by atoms with Gasteiger partial charge in [0.05, 0.1) is 6.10 Å². The largest absolute Gasteiger partial charge is 0.388 e. The summed E-state index contributed by atoms with van der Waals surface area (Å²) in [5.41, 5.74) is 0.329. The van der Waals surface area contributed by atoms with Gasteiger partial charge in [0.1, 0.15) is 0 Å². The molecule has 0 saturated heterocycles. The number of aliphatic hydroxyl groups is 1. The van der Waals surface area contributed by atoms with Crippen molar-refractivity contribution < 1.29 is 13.9 Å². The van der Waals surface area contributed by atoms with Crippen molar-refractivity contribution in [3.63, 3.8) is 0 Å². The van der Waals surface area contributed by atoms with Gasteiger partial charge in [0.25, 0.3) is 0 Å². The fourth-order valence-corrected chi connectivity index (χ4v) is 1.88. The zero-order chi connectivity index (χ0) is 12.3. The molecule has 0 bridgehead atoms. The Balaban J connectivity index is 3.09. The Labute approximate surface area is 95.1 Å². The molecular formula is C13H18F2O. The highest BCUT2D eigenvalue weighted by Crippen LogP contribution is 2.30. The van der Waals surface area contributed by atoms with Crippen LogP contribution in [0.5, 0.6) is 0 Å². The molecule has 0 spiro atoms. The number of benzene rings is 1. The van der Waals surface area contributed by atoms with E-state index in [1.807, 2.05) is 13.8 Å². The third-order valence-electron chi connectivity index (χ3n) is 3.12. The summed E-state index contributed by atoms with van der Waals surface area (Å²) < 4.78 is 26.9. The molecule has 90 valence electrons. The lowest BCUT2D eigenvalue weighted by Crippen LogP contribution is -2.13. The Hall–Kier alpha value is -0.960. The maximum Gasteiger partial charge on any atom is 0.164 e. The first kappa shape index (κ1) is 13.1. The predicted octanol–water partition coefficient (Wildman–Crippen LogP) is 3.74. The normalized spacial score (nSPS) is 13.2. The van der Waals surface area contributed by atoms with Crippen LogP contribution in [0.2, 0.25) is 0 Å². The van der Waals surface area contributed by atoms with E-state index in [-0.39, 0.29) is 17.0 Å². The number of aliphatic hydroxyl groups excluding tert-OH is 1. The molecule has 0 aliphatic heterocycles. The minimum atomic E-state index is -0.926. The summed E-state index contributed by atoms with van der Waals surface area (Å²) in [7, 11) is 0. The van der Waals surface area contributed by atoms with Crippen LogP contribution < -0.4 is 0 Å². The first-order valence-corrected chi connectivity index (χ1v) is 5.65. The summed E-state index contributed by atoms with van der Waals surface area (Å²) >= 11 is 0. The highest BCUT2D eigenvalue weighted by Gasteiger charge is 2.23. The highest BCUT2D eigenvalue weighted by atomic mass is 19.2. The zero-order valence-electron chi connectivity index (χ0n) is 9.93. The molecule has 1 aromatic rings. The molecule has 3 heteroatoms. The fraction of sp³-hybridized carbons (Fsp3) is 0.538. The summed E-state index contributed by atoms with van der Waals surface area (Å²) in [6, 6.07) is 2.97. The van der Waals surface area contributed by atoms with E-state index < -0.39 is 17.7 Å². The number of aryl methyl sites for hydroxylation is 1. The monoisotopic (exact) mass is 228 g/mol. The van der Waals surface area contributed by atoms with Crippen molar-refractivity contribution in [3.05, 3.63) is 34.9 Å². The standard InChI is InChI=1S/C13H18F2O/c1-4-9(5-2)13(16)10-7-6-8(3)11(14)12(10)15/h6-7,9,13,16H,4-5H2,1-3H3. The molecular weight excluding hydrogens is 210 g/mol. The molecule has 1 atom stereocenters. The van der Waals surface area contributed by atoms with Crippen LogP contribution in [0.25, 0.3) is 0 Å². The Morgan fingerprint density at radius 3 is 2.19 bits per heavy atom. The third-order valence-corrected chi connectivity index (χ3v) is 3.12. The van der Waals surface area contributed by atoms with Crippen molar-refractivity contribution in [1.82, 2.24) is 0 Å². The molecule has 0 radical (unpaired) electrons. The van der Waals surface area contributed by atoms with Gasteiger partial charge in [0.2, 0.25) is 0 Å². The van der Waals surface area contributed by atoms with E-state index in [2.05, 4.69) is 0 Å². The first-order chi connectivity index (χ1) is 7.52. The average molecular weight is 228 g/mol. The van der Waals surface area contributed by atoms with Crippen LogP contribution >= 0.6 is 0 Å². The average Bonchev–Trinajstić information content (AvgIpc) is 2.27. The number of halogens is 2. The van der Waals surface area contributed by atoms with Gasteiger partial charge < -0.3 is 5.11 Å². The van der Waals surface area contributed by atoms with E-state index >= 15 is 0 Å². The van der Waals surface area contributed by atoms with E-state index in [0.717, 1.165) is 12.8 Å². The molecule has 1 aromatic carbocycles. The lowest BCUT2D eigenvalue weighted by atomic mass is 9.90. The van der Waals surface area contributed by atoms with E-state index in [9.17, 15) is 13.9 Å². The molecule has 16 heavy (non-hydrogen) atoms. The SMILES string of the molecule is CCC(CC)C(O)c1ccc(C)c(F)c1F. The second-order valence-electron chi connectivity index (χ2n) is 4.12. The number of hydrogen-bond acceptors (Lipinski definition) is 1. The first-order valence-electron chi connectivity index (χ1n) is 5.65. The van der Waals surface area contributed by atoms with Crippen LogP contribution in [-0.2, 0) is 0 Å². The molecule has 1 N–H and O–H groups in total. The third kappa shape index (κ3) is 2.40. The Morgan fingerprint density at radius 1 is 1.12 bits per heavy atom. The van der Waals surface area contributed by atoms with Crippen LogP contribution in [0.1, 0.15) is 43.9 Å². The maximum atomic E-state index is 13.6. The van der Waals surface area contributed by atoms with Crippen molar-refractivity contribution in [2.45, 2.75) is 39.7 Å². The highest BCUT2D eigenvalue weighted by molar-refractivity contribution is 5.27. The van der Waals surface area contributed by atoms with Gasteiger partial charge in [0.15, 0.2) is 11.6 Å². The van der Waals surface area contributed by atoms with E-state index in [1.54, 1.807) is 0 Å². The van der Waals surface area contributed by atoms with Crippen molar-refractivity contribution >= 4 is 0 Å². The van der Waals surface area contributed by atoms with Gasteiger partial charge >= 0.3 is 0 Å². The van der Waals surface area contributed by atoms with Gasteiger partial charge in [0, 0.05) is 5.56 Å². The topological polar surface area (TPSA) is 20.2 Å². The van der Waals surface area contributed by atoms with Crippen molar-refractivity contribution in [3.8, 4) is 0 Å². The van der Waals surface area contributed by atoms with Gasteiger partial charge in [-0.3, -0.25) is 0 Å². The van der Waals surface area contributed by atoms with Crippen LogP contribution in [0.3, 0.4) is 0 Å². The van der Waals surface area contributed by atoms with E-state index in [0.29, 0.717) is 0 Å². The molecule has 1 rings (SSSR count). The number of hydrogen-bond donors (Lipinski definition) is 1. The molecule has 0 aliphatic rings. The molecule has 0 heterocycles. The van der Waals surface area contributed by atoms with Gasteiger partial charge in [-0.2, -0.15) is 0 Å². The Kier molecular flexibility index (Phi) is 4.42. The second kappa shape index (κ2) is 5.39.